The van der Waals surface area contributed by atoms with Crippen molar-refractivity contribution in [1.82, 2.24) is 4.90 Å². The highest BCUT2D eigenvalue weighted by Gasteiger charge is 2.17. The highest BCUT2D eigenvalue weighted by molar-refractivity contribution is 6.31. The molecule has 0 saturated carbocycles. The molecule has 1 atom stereocenters. The van der Waals surface area contributed by atoms with E-state index in [1.165, 1.54) is 4.90 Å². The minimum Gasteiger partial charge on any atom is -0.481 e. The van der Waals surface area contributed by atoms with E-state index in [2.05, 4.69) is 5.32 Å². The quantitative estimate of drug-likeness (QED) is 0.893. The molecule has 0 spiro atoms. The molecule has 1 rings (SSSR count). The van der Waals surface area contributed by atoms with Gasteiger partial charge in [-0.1, -0.05) is 24.6 Å². The molecule has 0 saturated heterocycles. The molecule has 0 aliphatic rings. The zero-order valence-electron chi connectivity index (χ0n) is 11.1. The largest absolute Gasteiger partial charge is 0.481 e. The molecule has 6 heteroatoms. The maximum absolute atomic E-state index is 11.9. The van der Waals surface area contributed by atoms with Crippen molar-refractivity contribution in [2.75, 3.05) is 18.9 Å². The Bertz CT molecular complexity index is 491. The van der Waals surface area contributed by atoms with E-state index in [0.29, 0.717) is 10.7 Å². The third-order valence-corrected chi connectivity index (χ3v) is 3.23. The predicted molar refractivity (Wildman–Crippen MR) is 74.6 cm³/mol. The molecule has 0 aliphatic heterocycles. The zero-order valence-corrected chi connectivity index (χ0v) is 11.9. The minimum atomic E-state index is -0.932. The summed E-state index contributed by atoms with van der Waals surface area (Å²) in [7, 11) is 1.55. The summed E-state index contributed by atoms with van der Waals surface area (Å²) in [5, 5.41) is 12.1. The van der Waals surface area contributed by atoms with E-state index in [0.717, 1.165) is 5.56 Å². The maximum atomic E-state index is 11.9. The van der Waals surface area contributed by atoms with Crippen LogP contribution in [0.2, 0.25) is 5.02 Å². The molecule has 5 nitrogen and oxygen atoms in total. The number of carboxylic acids is 1. The third kappa shape index (κ3) is 4.13. The average molecular weight is 285 g/mol. The lowest BCUT2D eigenvalue weighted by Gasteiger charge is -2.20. The predicted octanol–water partition coefficient (Wildman–Crippen LogP) is 2.83. The van der Waals surface area contributed by atoms with Crippen LogP contribution in [-0.2, 0) is 4.79 Å². The number of amides is 2. The molecule has 19 heavy (non-hydrogen) atoms. The van der Waals surface area contributed by atoms with Gasteiger partial charge < -0.3 is 15.3 Å². The zero-order chi connectivity index (χ0) is 14.6. The second-order valence-electron chi connectivity index (χ2n) is 4.46. The molecule has 2 amide bonds. The van der Waals surface area contributed by atoms with Crippen molar-refractivity contribution >= 4 is 29.3 Å². The monoisotopic (exact) mass is 284 g/mol. The molecule has 104 valence electrons. The molecule has 0 bridgehead atoms. The maximum Gasteiger partial charge on any atom is 0.321 e. The third-order valence-electron chi connectivity index (χ3n) is 2.83. The number of halogens is 1. The Morgan fingerprint density at radius 3 is 2.68 bits per heavy atom. The van der Waals surface area contributed by atoms with E-state index >= 15 is 0 Å². The van der Waals surface area contributed by atoms with Gasteiger partial charge in [-0.15, -0.1) is 0 Å². The summed E-state index contributed by atoms with van der Waals surface area (Å²) < 4.78 is 0. The van der Waals surface area contributed by atoms with E-state index in [-0.39, 0.29) is 12.6 Å². The average Bonchev–Trinajstić information content (AvgIpc) is 2.34. The van der Waals surface area contributed by atoms with Gasteiger partial charge in [-0.05, 0) is 24.6 Å². The molecule has 1 unspecified atom stereocenters. The molecule has 0 radical (unpaired) electrons. The van der Waals surface area contributed by atoms with Crippen LogP contribution in [-0.4, -0.2) is 35.6 Å². The van der Waals surface area contributed by atoms with Crippen LogP contribution in [0.1, 0.15) is 12.5 Å². The Labute approximate surface area is 117 Å². The van der Waals surface area contributed by atoms with Crippen LogP contribution in [0.25, 0.3) is 0 Å². The van der Waals surface area contributed by atoms with Crippen LogP contribution in [0.5, 0.6) is 0 Å². The van der Waals surface area contributed by atoms with Crippen LogP contribution < -0.4 is 5.32 Å². The summed E-state index contributed by atoms with van der Waals surface area (Å²) in [6, 6.07) is 4.86. The van der Waals surface area contributed by atoms with Gasteiger partial charge in [-0.25, -0.2) is 4.79 Å². The lowest BCUT2D eigenvalue weighted by molar-refractivity contribution is -0.141. The number of nitrogens with one attached hydrogen (secondary N) is 1. The Morgan fingerprint density at radius 1 is 1.47 bits per heavy atom. The Kier molecular flexibility index (Phi) is 5.18. The van der Waals surface area contributed by atoms with Gasteiger partial charge in [-0.3, -0.25) is 4.79 Å². The molecule has 0 heterocycles. The van der Waals surface area contributed by atoms with Crippen LogP contribution in [0.15, 0.2) is 18.2 Å². The van der Waals surface area contributed by atoms with E-state index in [1.807, 2.05) is 0 Å². The first-order valence-electron chi connectivity index (χ1n) is 5.83. The first-order valence-corrected chi connectivity index (χ1v) is 6.20. The summed E-state index contributed by atoms with van der Waals surface area (Å²) in [5.41, 5.74) is 1.39. The fourth-order valence-electron chi connectivity index (χ4n) is 1.53. The van der Waals surface area contributed by atoms with Crippen molar-refractivity contribution in [2.24, 2.45) is 5.92 Å². The molecule has 0 aromatic heterocycles. The second kappa shape index (κ2) is 6.43. The summed E-state index contributed by atoms with van der Waals surface area (Å²) in [4.78, 5) is 24.0. The molecule has 1 aromatic rings. The number of rotatable bonds is 4. The number of carboxylic acid groups (broad SMARTS) is 1. The molecule has 1 aromatic carbocycles. The van der Waals surface area contributed by atoms with Gasteiger partial charge in [0.25, 0.3) is 0 Å². The van der Waals surface area contributed by atoms with Gasteiger partial charge in [0.1, 0.15) is 0 Å². The molecule has 0 fully saturated rings. The van der Waals surface area contributed by atoms with Crippen molar-refractivity contribution in [1.29, 1.82) is 0 Å². The number of anilines is 1. The first kappa shape index (κ1) is 15.3. The van der Waals surface area contributed by atoms with Gasteiger partial charge in [0, 0.05) is 24.3 Å². The van der Waals surface area contributed by atoms with Crippen molar-refractivity contribution in [3.63, 3.8) is 0 Å². The van der Waals surface area contributed by atoms with E-state index in [9.17, 15) is 9.59 Å². The number of aliphatic carboxylic acids is 1. The van der Waals surface area contributed by atoms with E-state index < -0.39 is 11.9 Å². The number of nitrogens with zero attached hydrogens (tertiary/aromatic N) is 1. The second-order valence-corrected chi connectivity index (χ2v) is 4.87. The van der Waals surface area contributed by atoms with Crippen LogP contribution >= 0.6 is 11.6 Å². The molecule has 0 aliphatic carbocycles. The van der Waals surface area contributed by atoms with Crippen molar-refractivity contribution in [3.05, 3.63) is 28.8 Å². The smallest absolute Gasteiger partial charge is 0.321 e. The number of hydrogen-bond acceptors (Lipinski definition) is 2. The fourth-order valence-corrected chi connectivity index (χ4v) is 1.70. The number of urea groups is 1. The topological polar surface area (TPSA) is 69.6 Å². The Morgan fingerprint density at radius 2 is 2.11 bits per heavy atom. The van der Waals surface area contributed by atoms with Crippen molar-refractivity contribution < 1.29 is 14.7 Å². The molecular weight excluding hydrogens is 268 g/mol. The summed E-state index contributed by atoms with van der Waals surface area (Å²) in [6.45, 7) is 3.50. The highest BCUT2D eigenvalue weighted by atomic mass is 35.5. The standard InChI is InChI=1S/C13H17ClN2O3/c1-8(12(17)18)7-16(3)13(19)15-11-6-4-5-10(14)9(11)2/h4-6,8H,7H2,1-3H3,(H,15,19)(H,17,18). The Hall–Kier alpha value is -1.75. The van der Waals surface area contributed by atoms with Crippen LogP contribution in [0.3, 0.4) is 0 Å². The van der Waals surface area contributed by atoms with Gasteiger partial charge in [0.05, 0.1) is 5.92 Å². The minimum absolute atomic E-state index is 0.140. The molecular formula is C13H17ClN2O3. The lowest BCUT2D eigenvalue weighted by atomic mass is 10.2. The lowest BCUT2D eigenvalue weighted by Crippen LogP contribution is -2.36. The van der Waals surface area contributed by atoms with Gasteiger partial charge in [-0.2, -0.15) is 0 Å². The van der Waals surface area contributed by atoms with Gasteiger partial charge in [0.15, 0.2) is 0 Å². The normalized spacial score (nSPS) is 11.8. The van der Waals surface area contributed by atoms with E-state index in [4.69, 9.17) is 16.7 Å². The Balaban J connectivity index is 2.69. The van der Waals surface area contributed by atoms with Gasteiger partial charge >= 0.3 is 12.0 Å². The highest BCUT2D eigenvalue weighted by Crippen LogP contribution is 2.23. The van der Waals surface area contributed by atoms with Crippen LogP contribution in [0.4, 0.5) is 10.5 Å². The first-order chi connectivity index (χ1) is 8.82. The summed E-state index contributed by atoms with van der Waals surface area (Å²) in [5.74, 6) is -1.55. The fraction of sp³-hybridized carbons (Fsp3) is 0.385. The molecule has 2 N–H and O–H groups in total. The van der Waals surface area contributed by atoms with Crippen molar-refractivity contribution in [3.8, 4) is 0 Å². The SMILES string of the molecule is Cc1c(Cl)cccc1NC(=O)N(C)CC(C)C(=O)O. The van der Waals surface area contributed by atoms with Crippen LogP contribution in [0, 0.1) is 12.8 Å². The summed E-state index contributed by atoms with van der Waals surface area (Å²) >= 11 is 5.96. The van der Waals surface area contributed by atoms with Gasteiger partial charge in [0.2, 0.25) is 0 Å². The summed E-state index contributed by atoms with van der Waals surface area (Å²) in [6.07, 6.45) is 0. The van der Waals surface area contributed by atoms with E-state index in [1.54, 1.807) is 39.1 Å². The number of carbonyl (C=O) groups excluding carboxylic acids is 1. The number of carbonyl (C=O) groups is 2. The number of benzene rings is 1. The number of hydrogen-bond donors (Lipinski definition) is 2. The van der Waals surface area contributed by atoms with Crippen molar-refractivity contribution in [2.45, 2.75) is 13.8 Å².